The van der Waals surface area contributed by atoms with Gasteiger partial charge >= 0.3 is 0 Å². The highest BCUT2D eigenvalue weighted by molar-refractivity contribution is 5.26. The number of nitrogens with zero attached hydrogens (tertiary/aromatic N) is 1. The van der Waals surface area contributed by atoms with Crippen molar-refractivity contribution in [3.63, 3.8) is 0 Å². The van der Waals surface area contributed by atoms with Gasteiger partial charge in [0.25, 0.3) is 0 Å². The maximum absolute atomic E-state index is 13.3. The molecule has 0 bridgehead atoms. The van der Waals surface area contributed by atoms with E-state index in [2.05, 4.69) is 10.3 Å². The Morgan fingerprint density at radius 3 is 2.79 bits per heavy atom. The Morgan fingerprint density at radius 1 is 1.26 bits per heavy atom. The summed E-state index contributed by atoms with van der Waals surface area (Å²) < 4.78 is 19.1. The smallest absolute Gasteiger partial charge is 0.218 e. The topological polar surface area (TPSA) is 34.1 Å². The summed E-state index contributed by atoms with van der Waals surface area (Å²) in [5.41, 5.74) is 0.838. The van der Waals surface area contributed by atoms with E-state index in [4.69, 9.17) is 4.74 Å². The van der Waals surface area contributed by atoms with Crippen molar-refractivity contribution in [1.82, 2.24) is 10.3 Å². The van der Waals surface area contributed by atoms with Crippen molar-refractivity contribution in [2.75, 3.05) is 6.61 Å². The molecule has 0 atom stereocenters. The molecule has 0 spiro atoms. The molecule has 2 saturated carbocycles. The molecule has 0 amide bonds. The van der Waals surface area contributed by atoms with Gasteiger partial charge in [0.1, 0.15) is 5.82 Å². The molecular weight excluding hydrogens is 243 g/mol. The minimum Gasteiger partial charge on any atom is -0.477 e. The van der Waals surface area contributed by atoms with Gasteiger partial charge in [0.05, 0.1) is 12.8 Å². The average molecular weight is 264 g/mol. The van der Waals surface area contributed by atoms with Crippen molar-refractivity contribution in [1.29, 1.82) is 0 Å². The third-order valence-corrected chi connectivity index (χ3v) is 3.98. The van der Waals surface area contributed by atoms with Gasteiger partial charge in [0.15, 0.2) is 0 Å². The lowest BCUT2D eigenvalue weighted by Gasteiger charge is -2.14. The van der Waals surface area contributed by atoms with Crippen LogP contribution in [-0.4, -0.2) is 17.6 Å². The van der Waals surface area contributed by atoms with Crippen LogP contribution in [-0.2, 0) is 6.54 Å². The fourth-order valence-electron chi connectivity index (χ4n) is 2.64. The van der Waals surface area contributed by atoms with Crippen molar-refractivity contribution in [3.8, 4) is 5.88 Å². The Kier molecular flexibility index (Phi) is 3.97. The van der Waals surface area contributed by atoms with E-state index in [1.807, 2.05) is 0 Å². The van der Waals surface area contributed by atoms with E-state index in [9.17, 15) is 4.39 Å². The van der Waals surface area contributed by atoms with Crippen LogP contribution in [0.15, 0.2) is 12.3 Å². The van der Waals surface area contributed by atoms with Crippen molar-refractivity contribution in [3.05, 3.63) is 23.6 Å². The average Bonchev–Trinajstić information content (AvgIpc) is 3.10. The molecule has 2 fully saturated rings. The van der Waals surface area contributed by atoms with Crippen LogP contribution in [0.3, 0.4) is 0 Å². The van der Waals surface area contributed by atoms with Crippen LogP contribution < -0.4 is 10.1 Å². The van der Waals surface area contributed by atoms with E-state index < -0.39 is 0 Å². The molecule has 0 radical (unpaired) electrons. The highest BCUT2D eigenvalue weighted by Crippen LogP contribution is 2.26. The van der Waals surface area contributed by atoms with Gasteiger partial charge in [-0.2, -0.15) is 0 Å². The van der Waals surface area contributed by atoms with E-state index in [1.165, 1.54) is 50.8 Å². The molecule has 0 aromatic carbocycles. The lowest BCUT2D eigenvalue weighted by atomic mass is 10.1. The molecule has 3 nitrogen and oxygen atoms in total. The second kappa shape index (κ2) is 5.87. The highest BCUT2D eigenvalue weighted by Gasteiger charge is 2.21. The fourth-order valence-corrected chi connectivity index (χ4v) is 2.64. The maximum atomic E-state index is 13.3. The van der Waals surface area contributed by atoms with Gasteiger partial charge in [-0.25, -0.2) is 9.37 Å². The molecule has 0 saturated heterocycles. The third kappa shape index (κ3) is 3.66. The van der Waals surface area contributed by atoms with E-state index in [-0.39, 0.29) is 5.82 Å². The molecule has 1 aromatic heterocycles. The number of nitrogens with one attached hydrogen (secondary N) is 1. The van der Waals surface area contributed by atoms with Crippen LogP contribution in [0.1, 0.15) is 44.1 Å². The SMILES string of the molecule is Fc1cnc(OCC2CCCC2)c(CNC2CC2)c1. The monoisotopic (exact) mass is 264 g/mol. The first kappa shape index (κ1) is 12.9. The van der Waals surface area contributed by atoms with Crippen molar-refractivity contribution < 1.29 is 9.13 Å². The van der Waals surface area contributed by atoms with Crippen molar-refractivity contribution in [2.24, 2.45) is 5.92 Å². The summed E-state index contributed by atoms with van der Waals surface area (Å²) in [5, 5.41) is 3.38. The van der Waals surface area contributed by atoms with Gasteiger partial charge in [-0.05, 0) is 37.7 Å². The van der Waals surface area contributed by atoms with Crippen LogP contribution in [0.5, 0.6) is 5.88 Å². The van der Waals surface area contributed by atoms with E-state index in [0.717, 1.165) is 12.2 Å². The molecule has 3 rings (SSSR count). The molecule has 1 N–H and O–H groups in total. The van der Waals surface area contributed by atoms with Gasteiger partial charge in [-0.15, -0.1) is 0 Å². The minimum atomic E-state index is -0.291. The first-order valence-electron chi connectivity index (χ1n) is 7.32. The Balaban J connectivity index is 1.60. The van der Waals surface area contributed by atoms with Gasteiger partial charge in [-0.1, -0.05) is 12.8 Å². The molecule has 19 heavy (non-hydrogen) atoms. The largest absolute Gasteiger partial charge is 0.477 e. The lowest BCUT2D eigenvalue weighted by molar-refractivity contribution is 0.240. The molecule has 4 heteroatoms. The predicted molar refractivity (Wildman–Crippen MR) is 71.5 cm³/mol. The number of halogens is 1. The van der Waals surface area contributed by atoms with Crippen molar-refractivity contribution >= 4 is 0 Å². The number of hydrogen-bond donors (Lipinski definition) is 1. The number of ether oxygens (including phenoxy) is 1. The summed E-state index contributed by atoms with van der Waals surface area (Å²) in [7, 11) is 0. The molecule has 1 heterocycles. The molecule has 2 aliphatic carbocycles. The maximum Gasteiger partial charge on any atom is 0.218 e. The van der Waals surface area contributed by atoms with Gasteiger partial charge < -0.3 is 10.1 Å². The quantitative estimate of drug-likeness (QED) is 0.857. The van der Waals surface area contributed by atoms with Crippen LogP contribution in [0.4, 0.5) is 4.39 Å². The summed E-state index contributed by atoms with van der Waals surface area (Å²) in [6, 6.07) is 2.14. The molecule has 0 unspecified atom stereocenters. The normalized spacial score (nSPS) is 19.8. The zero-order valence-corrected chi connectivity index (χ0v) is 11.2. The number of aromatic nitrogens is 1. The van der Waals surface area contributed by atoms with Gasteiger partial charge in [0.2, 0.25) is 5.88 Å². The predicted octanol–water partition coefficient (Wildman–Crippen LogP) is 3.04. The minimum absolute atomic E-state index is 0.291. The number of rotatable bonds is 6. The van der Waals surface area contributed by atoms with E-state index >= 15 is 0 Å². The molecule has 1 aromatic rings. The highest BCUT2D eigenvalue weighted by atomic mass is 19.1. The summed E-state index contributed by atoms with van der Waals surface area (Å²) in [6.45, 7) is 1.37. The lowest BCUT2D eigenvalue weighted by Crippen LogP contribution is -2.17. The first-order valence-corrected chi connectivity index (χ1v) is 7.32. The van der Waals surface area contributed by atoms with Gasteiger partial charge in [0, 0.05) is 18.2 Å². The van der Waals surface area contributed by atoms with E-state index in [0.29, 0.717) is 24.4 Å². The summed E-state index contributed by atoms with van der Waals surface area (Å²) in [6.07, 6.45) is 8.79. The van der Waals surface area contributed by atoms with Crippen LogP contribution in [0.25, 0.3) is 0 Å². The standard InChI is InChI=1S/C15H21FN2O/c16-13-7-12(8-17-14-5-6-14)15(18-9-13)19-10-11-3-1-2-4-11/h7,9,11,14,17H,1-6,8,10H2. The van der Waals surface area contributed by atoms with Gasteiger partial charge in [-0.3, -0.25) is 0 Å². The Bertz CT molecular complexity index is 428. The Labute approximate surface area is 113 Å². The summed E-state index contributed by atoms with van der Waals surface area (Å²) in [4.78, 5) is 4.10. The summed E-state index contributed by atoms with van der Waals surface area (Å²) in [5.74, 6) is 0.957. The zero-order valence-electron chi connectivity index (χ0n) is 11.2. The zero-order chi connectivity index (χ0) is 13.1. The Hall–Kier alpha value is -1.16. The first-order chi connectivity index (χ1) is 9.31. The molecule has 2 aliphatic rings. The second-order valence-corrected chi connectivity index (χ2v) is 5.73. The number of pyridine rings is 1. The molecule has 104 valence electrons. The summed E-state index contributed by atoms with van der Waals surface area (Å²) >= 11 is 0. The number of hydrogen-bond acceptors (Lipinski definition) is 3. The molecular formula is C15H21FN2O. The van der Waals surface area contributed by atoms with Crippen LogP contribution >= 0.6 is 0 Å². The van der Waals surface area contributed by atoms with Crippen LogP contribution in [0, 0.1) is 11.7 Å². The third-order valence-electron chi connectivity index (χ3n) is 3.98. The molecule has 0 aliphatic heterocycles. The van der Waals surface area contributed by atoms with Crippen molar-refractivity contribution in [2.45, 2.75) is 51.1 Å². The Morgan fingerprint density at radius 2 is 2.05 bits per heavy atom. The van der Waals surface area contributed by atoms with Crippen LogP contribution in [0.2, 0.25) is 0 Å². The fraction of sp³-hybridized carbons (Fsp3) is 0.667. The van der Waals surface area contributed by atoms with E-state index in [1.54, 1.807) is 0 Å². The second-order valence-electron chi connectivity index (χ2n) is 5.73.